The van der Waals surface area contributed by atoms with Gasteiger partial charge in [0, 0.05) is 11.4 Å². The smallest absolute Gasteiger partial charge is 0.323 e. The number of nitrogens with two attached hydrogens (primary N) is 1. The van der Waals surface area contributed by atoms with Crippen LogP contribution in [0.25, 0.3) is 0 Å². The molecule has 104 valence electrons. The van der Waals surface area contributed by atoms with E-state index in [0.717, 1.165) is 5.69 Å². The first-order valence-electron chi connectivity index (χ1n) is 5.98. The Kier molecular flexibility index (Phi) is 6.99. The normalized spacial score (nSPS) is 11.7. The number of thioether (sulfide) groups is 1. The molecule has 0 fully saturated rings. The van der Waals surface area contributed by atoms with Crippen molar-refractivity contribution in [1.29, 1.82) is 0 Å². The van der Waals surface area contributed by atoms with Crippen molar-refractivity contribution in [3.8, 4) is 0 Å². The molecule has 0 aromatic heterocycles. The van der Waals surface area contributed by atoms with Crippen molar-refractivity contribution in [3.63, 3.8) is 0 Å². The molecule has 1 aromatic carbocycles. The van der Waals surface area contributed by atoms with Gasteiger partial charge < -0.3 is 15.8 Å². The second kappa shape index (κ2) is 8.55. The number of amides is 1. The number of anilines is 1. The number of ether oxygens (including phenoxy) is 1. The molecule has 0 bridgehead atoms. The first kappa shape index (κ1) is 15.5. The maximum absolute atomic E-state index is 11.6. The molecule has 0 aliphatic rings. The molecule has 0 saturated heterocycles. The number of para-hydroxylation sites is 1. The summed E-state index contributed by atoms with van der Waals surface area (Å²) in [4.78, 5) is 22.8. The molecule has 5 nitrogen and oxygen atoms in total. The summed E-state index contributed by atoms with van der Waals surface area (Å²) in [5.74, 6) is 0.0639. The Morgan fingerprint density at radius 1 is 1.37 bits per heavy atom. The van der Waals surface area contributed by atoms with Crippen LogP contribution in [0.4, 0.5) is 5.69 Å². The highest BCUT2D eigenvalue weighted by Crippen LogP contribution is 2.08. The van der Waals surface area contributed by atoms with E-state index in [1.54, 1.807) is 6.92 Å². The van der Waals surface area contributed by atoms with Crippen molar-refractivity contribution in [1.82, 2.24) is 0 Å². The number of carbonyl (C=O) groups is 2. The summed E-state index contributed by atoms with van der Waals surface area (Å²) >= 11 is 1.31. The number of esters is 1. The van der Waals surface area contributed by atoms with Gasteiger partial charge in [-0.1, -0.05) is 18.2 Å². The monoisotopic (exact) mass is 282 g/mol. The molecule has 0 heterocycles. The van der Waals surface area contributed by atoms with Gasteiger partial charge in [0.15, 0.2) is 0 Å². The lowest BCUT2D eigenvalue weighted by atomic mass is 10.3. The van der Waals surface area contributed by atoms with Crippen LogP contribution in [0.1, 0.15) is 6.92 Å². The van der Waals surface area contributed by atoms with Gasteiger partial charge in [-0.2, -0.15) is 0 Å². The fourth-order valence-corrected chi connectivity index (χ4v) is 2.08. The van der Waals surface area contributed by atoms with Crippen LogP contribution in [0.3, 0.4) is 0 Å². The third kappa shape index (κ3) is 6.26. The second-order valence-corrected chi connectivity index (χ2v) is 4.82. The van der Waals surface area contributed by atoms with Gasteiger partial charge in [0.2, 0.25) is 5.91 Å². The van der Waals surface area contributed by atoms with Crippen molar-refractivity contribution in [3.05, 3.63) is 30.3 Å². The Labute approximate surface area is 116 Å². The van der Waals surface area contributed by atoms with E-state index in [-0.39, 0.29) is 11.7 Å². The van der Waals surface area contributed by atoms with E-state index in [0.29, 0.717) is 12.4 Å². The second-order valence-electron chi connectivity index (χ2n) is 3.79. The Balaban J connectivity index is 2.22. The van der Waals surface area contributed by atoms with E-state index < -0.39 is 12.0 Å². The number of hydrogen-bond donors (Lipinski definition) is 2. The summed E-state index contributed by atoms with van der Waals surface area (Å²) < 4.78 is 4.78. The van der Waals surface area contributed by atoms with Crippen LogP contribution in [-0.2, 0) is 14.3 Å². The van der Waals surface area contributed by atoms with Gasteiger partial charge in [-0.05, 0) is 19.1 Å². The molecule has 6 heteroatoms. The highest BCUT2D eigenvalue weighted by Gasteiger charge is 2.15. The Morgan fingerprint density at radius 3 is 2.68 bits per heavy atom. The van der Waals surface area contributed by atoms with Crippen molar-refractivity contribution in [2.75, 3.05) is 23.4 Å². The molecular formula is C13H18N2O3S. The third-order valence-corrected chi connectivity index (χ3v) is 3.24. The number of rotatable bonds is 7. The standard InChI is InChI=1S/C13H18N2O3S/c1-2-18-13(17)11(14)8-19-9-12(16)15-10-6-4-3-5-7-10/h3-7,11H,2,8-9,14H2,1H3,(H,15,16)/t11-/m0/s1. The number of hydrogen-bond acceptors (Lipinski definition) is 5. The van der Waals surface area contributed by atoms with Gasteiger partial charge in [-0.3, -0.25) is 9.59 Å². The topological polar surface area (TPSA) is 81.4 Å². The van der Waals surface area contributed by atoms with Gasteiger partial charge in [0.25, 0.3) is 0 Å². The summed E-state index contributed by atoms with van der Waals surface area (Å²) in [7, 11) is 0. The Morgan fingerprint density at radius 2 is 2.05 bits per heavy atom. The molecule has 19 heavy (non-hydrogen) atoms. The molecule has 0 spiro atoms. The number of nitrogens with one attached hydrogen (secondary N) is 1. The highest BCUT2D eigenvalue weighted by atomic mass is 32.2. The van der Waals surface area contributed by atoms with Crippen LogP contribution in [0, 0.1) is 0 Å². The van der Waals surface area contributed by atoms with Crippen molar-refractivity contribution >= 4 is 29.3 Å². The predicted octanol–water partition coefficient (Wildman–Crippen LogP) is 1.25. The van der Waals surface area contributed by atoms with E-state index in [1.165, 1.54) is 11.8 Å². The molecule has 0 radical (unpaired) electrons. The predicted molar refractivity (Wildman–Crippen MR) is 77.0 cm³/mol. The summed E-state index contributed by atoms with van der Waals surface area (Å²) in [5.41, 5.74) is 6.37. The zero-order valence-electron chi connectivity index (χ0n) is 10.8. The van der Waals surface area contributed by atoms with Crippen molar-refractivity contribution in [2.45, 2.75) is 13.0 Å². The number of benzene rings is 1. The van der Waals surface area contributed by atoms with Crippen LogP contribution in [0.15, 0.2) is 30.3 Å². The summed E-state index contributed by atoms with van der Waals surface area (Å²) in [6.07, 6.45) is 0. The molecule has 0 saturated carbocycles. The fraction of sp³-hybridized carbons (Fsp3) is 0.385. The Hall–Kier alpha value is -1.53. The molecule has 0 aliphatic heterocycles. The maximum Gasteiger partial charge on any atom is 0.323 e. The summed E-state index contributed by atoms with van der Waals surface area (Å²) in [5, 5.41) is 2.75. The van der Waals surface area contributed by atoms with E-state index in [1.807, 2.05) is 30.3 Å². The third-order valence-electron chi connectivity index (χ3n) is 2.18. The molecule has 0 aliphatic carbocycles. The molecular weight excluding hydrogens is 264 g/mol. The summed E-state index contributed by atoms with van der Waals surface area (Å²) in [6.45, 7) is 2.04. The number of carbonyl (C=O) groups excluding carboxylic acids is 2. The largest absolute Gasteiger partial charge is 0.465 e. The minimum Gasteiger partial charge on any atom is -0.465 e. The molecule has 1 aromatic rings. The molecule has 1 atom stereocenters. The minimum absolute atomic E-state index is 0.118. The van der Waals surface area contributed by atoms with Gasteiger partial charge in [0.1, 0.15) is 6.04 Å². The van der Waals surface area contributed by atoms with E-state index in [2.05, 4.69) is 5.32 Å². The van der Waals surface area contributed by atoms with Crippen LogP contribution >= 0.6 is 11.8 Å². The lowest BCUT2D eigenvalue weighted by Gasteiger charge is -2.10. The zero-order valence-corrected chi connectivity index (χ0v) is 11.6. The van der Waals surface area contributed by atoms with Gasteiger partial charge >= 0.3 is 5.97 Å². The molecule has 3 N–H and O–H groups in total. The van der Waals surface area contributed by atoms with E-state index in [9.17, 15) is 9.59 Å². The first-order valence-corrected chi connectivity index (χ1v) is 7.13. The molecule has 1 rings (SSSR count). The van der Waals surface area contributed by atoms with E-state index in [4.69, 9.17) is 10.5 Å². The summed E-state index contributed by atoms with van der Waals surface area (Å²) in [6, 6.07) is 8.51. The fourth-order valence-electron chi connectivity index (χ4n) is 1.31. The van der Waals surface area contributed by atoms with Crippen molar-refractivity contribution < 1.29 is 14.3 Å². The van der Waals surface area contributed by atoms with Gasteiger partial charge in [-0.15, -0.1) is 11.8 Å². The minimum atomic E-state index is -0.686. The maximum atomic E-state index is 11.6. The molecule has 1 amide bonds. The highest BCUT2D eigenvalue weighted by molar-refractivity contribution is 8.00. The SMILES string of the molecule is CCOC(=O)[C@@H](N)CSCC(=O)Nc1ccccc1. The average Bonchev–Trinajstić information content (AvgIpc) is 2.40. The van der Waals surface area contributed by atoms with Crippen LogP contribution in [0.5, 0.6) is 0 Å². The lowest BCUT2D eigenvalue weighted by molar-refractivity contribution is -0.144. The molecule has 0 unspecified atom stereocenters. The van der Waals surface area contributed by atoms with Gasteiger partial charge in [-0.25, -0.2) is 0 Å². The van der Waals surface area contributed by atoms with Crippen LogP contribution in [0.2, 0.25) is 0 Å². The van der Waals surface area contributed by atoms with Crippen LogP contribution < -0.4 is 11.1 Å². The first-order chi connectivity index (χ1) is 9.13. The quantitative estimate of drug-likeness (QED) is 0.736. The van der Waals surface area contributed by atoms with Gasteiger partial charge in [0.05, 0.1) is 12.4 Å². The lowest BCUT2D eigenvalue weighted by Crippen LogP contribution is -2.35. The van der Waals surface area contributed by atoms with E-state index >= 15 is 0 Å². The Bertz CT molecular complexity index is 412. The zero-order chi connectivity index (χ0) is 14.1. The van der Waals surface area contributed by atoms with Crippen LogP contribution in [-0.4, -0.2) is 36.0 Å². The average molecular weight is 282 g/mol. The van der Waals surface area contributed by atoms with Crippen molar-refractivity contribution in [2.24, 2.45) is 5.73 Å².